The molecule has 2 aromatic rings. The fraction of sp³-hybridized carbons (Fsp3) is 0.267. The highest BCUT2D eigenvalue weighted by Gasteiger charge is 2.19. The molecule has 0 bridgehead atoms. The molecule has 0 aliphatic heterocycles. The lowest BCUT2D eigenvalue weighted by molar-refractivity contribution is 0.149. The number of aryl methyl sites for hydroxylation is 1. The zero-order valence-corrected chi connectivity index (χ0v) is 10.5. The second kappa shape index (κ2) is 5.27. The SMILES string of the molecule is Cc1ccc(C(O)C(C)c2ccccn2)cc1F. The normalized spacial score (nSPS) is 14.2. The van der Waals surface area contributed by atoms with E-state index in [-0.39, 0.29) is 11.7 Å². The van der Waals surface area contributed by atoms with Crippen LogP contribution in [-0.2, 0) is 0 Å². The molecular weight excluding hydrogens is 229 g/mol. The van der Waals surface area contributed by atoms with Gasteiger partial charge in [0.2, 0.25) is 0 Å². The maximum Gasteiger partial charge on any atom is 0.126 e. The Morgan fingerprint density at radius 2 is 2.00 bits per heavy atom. The molecule has 1 N–H and O–H groups in total. The minimum Gasteiger partial charge on any atom is -0.388 e. The summed E-state index contributed by atoms with van der Waals surface area (Å²) in [7, 11) is 0. The molecule has 3 heteroatoms. The van der Waals surface area contributed by atoms with E-state index in [2.05, 4.69) is 4.98 Å². The number of pyridine rings is 1. The first kappa shape index (κ1) is 12.7. The largest absolute Gasteiger partial charge is 0.388 e. The Morgan fingerprint density at radius 3 is 2.61 bits per heavy atom. The highest BCUT2D eigenvalue weighted by Crippen LogP contribution is 2.29. The van der Waals surface area contributed by atoms with E-state index in [4.69, 9.17) is 0 Å². The summed E-state index contributed by atoms with van der Waals surface area (Å²) in [6.45, 7) is 3.58. The monoisotopic (exact) mass is 245 g/mol. The van der Waals surface area contributed by atoms with E-state index in [1.165, 1.54) is 6.07 Å². The summed E-state index contributed by atoms with van der Waals surface area (Å²) in [6.07, 6.45) is 0.934. The summed E-state index contributed by atoms with van der Waals surface area (Å²) in [5.74, 6) is -0.465. The molecule has 0 aliphatic rings. The molecular formula is C15H16FNO. The van der Waals surface area contributed by atoms with Gasteiger partial charge in [-0.2, -0.15) is 0 Å². The van der Waals surface area contributed by atoms with Crippen LogP contribution in [0.1, 0.15) is 35.8 Å². The van der Waals surface area contributed by atoms with Crippen molar-refractivity contribution in [3.8, 4) is 0 Å². The molecule has 2 rings (SSSR count). The molecule has 0 fully saturated rings. The Labute approximate surface area is 106 Å². The van der Waals surface area contributed by atoms with Crippen molar-refractivity contribution in [2.24, 2.45) is 0 Å². The van der Waals surface area contributed by atoms with E-state index in [0.29, 0.717) is 11.1 Å². The lowest BCUT2D eigenvalue weighted by Gasteiger charge is -2.19. The number of benzene rings is 1. The fourth-order valence-electron chi connectivity index (χ4n) is 1.89. The number of hydrogen-bond donors (Lipinski definition) is 1. The molecule has 0 saturated carbocycles. The third-order valence-corrected chi connectivity index (χ3v) is 3.17. The van der Waals surface area contributed by atoms with Crippen LogP contribution >= 0.6 is 0 Å². The summed E-state index contributed by atoms with van der Waals surface area (Å²) in [6, 6.07) is 10.4. The number of rotatable bonds is 3. The summed E-state index contributed by atoms with van der Waals surface area (Å²) < 4.78 is 13.5. The third kappa shape index (κ3) is 2.57. The van der Waals surface area contributed by atoms with Crippen LogP contribution in [0.5, 0.6) is 0 Å². The predicted octanol–water partition coefficient (Wildman–Crippen LogP) is 3.37. The van der Waals surface area contributed by atoms with Crippen LogP contribution in [0.25, 0.3) is 0 Å². The molecule has 1 heterocycles. The number of halogens is 1. The quantitative estimate of drug-likeness (QED) is 0.899. The Bertz CT molecular complexity index is 527. The van der Waals surface area contributed by atoms with E-state index in [1.807, 2.05) is 25.1 Å². The van der Waals surface area contributed by atoms with Gasteiger partial charge in [-0.05, 0) is 36.2 Å². The van der Waals surface area contributed by atoms with Gasteiger partial charge >= 0.3 is 0 Å². The summed E-state index contributed by atoms with van der Waals surface area (Å²) in [4.78, 5) is 4.21. The first-order valence-electron chi connectivity index (χ1n) is 5.94. The van der Waals surface area contributed by atoms with Crippen molar-refractivity contribution in [3.05, 3.63) is 65.2 Å². The Morgan fingerprint density at radius 1 is 1.22 bits per heavy atom. The van der Waals surface area contributed by atoms with E-state index in [9.17, 15) is 9.50 Å². The van der Waals surface area contributed by atoms with Crippen molar-refractivity contribution in [1.29, 1.82) is 0 Å². The molecule has 0 spiro atoms. The second-order valence-corrected chi connectivity index (χ2v) is 4.50. The standard InChI is InChI=1S/C15H16FNO/c1-10-6-7-12(9-13(10)16)15(18)11(2)14-5-3-4-8-17-14/h3-9,11,15,18H,1-2H3. The van der Waals surface area contributed by atoms with Gasteiger partial charge in [-0.3, -0.25) is 4.98 Å². The second-order valence-electron chi connectivity index (χ2n) is 4.50. The molecule has 1 aromatic carbocycles. The van der Waals surface area contributed by atoms with Crippen molar-refractivity contribution in [2.75, 3.05) is 0 Å². The topological polar surface area (TPSA) is 33.1 Å². The molecule has 0 saturated heterocycles. The van der Waals surface area contributed by atoms with Gasteiger partial charge in [0.1, 0.15) is 5.82 Å². The Hall–Kier alpha value is -1.74. The predicted molar refractivity (Wildman–Crippen MR) is 68.7 cm³/mol. The average Bonchev–Trinajstić information content (AvgIpc) is 2.41. The van der Waals surface area contributed by atoms with Crippen molar-refractivity contribution in [1.82, 2.24) is 4.98 Å². The smallest absolute Gasteiger partial charge is 0.126 e. The minimum absolute atomic E-state index is 0.173. The van der Waals surface area contributed by atoms with E-state index >= 15 is 0 Å². The number of hydrogen-bond acceptors (Lipinski definition) is 2. The highest BCUT2D eigenvalue weighted by atomic mass is 19.1. The number of nitrogens with zero attached hydrogens (tertiary/aromatic N) is 1. The van der Waals surface area contributed by atoms with Gasteiger partial charge in [-0.15, -0.1) is 0 Å². The number of aliphatic hydroxyl groups excluding tert-OH is 1. The maximum atomic E-state index is 13.5. The van der Waals surface area contributed by atoms with Crippen molar-refractivity contribution in [2.45, 2.75) is 25.9 Å². The van der Waals surface area contributed by atoms with Gasteiger partial charge in [-0.1, -0.05) is 25.1 Å². The summed E-state index contributed by atoms with van der Waals surface area (Å²) >= 11 is 0. The molecule has 2 unspecified atom stereocenters. The van der Waals surface area contributed by atoms with Crippen molar-refractivity contribution < 1.29 is 9.50 Å². The van der Waals surface area contributed by atoms with Gasteiger partial charge in [0, 0.05) is 17.8 Å². The fourth-order valence-corrected chi connectivity index (χ4v) is 1.89. The molecule has 94 valence electrons. The lowest BCUT2D eigenvalue weighted by Crippen LogP contribution is -2.09. The first-order chi connectivity index (χ1) is 8.59. The van der Waals surface area contributed by atoms with Gasteiger partial charge in [0.25, 0.3) is 0 Å². The molecule has 2 nitrogen and oxygen atoms in total. The number of aromatic nitrogens is 1. The third-order valence-electron chi connectivity index (χ3n) is 3.17. The van der Waals surface area contributed by atoms with E-state index < -0.39 is 6.10 Å². The van der Waals surface area contributed by atoms with E-state index in [1.54, 1.807) is 25.3 Å². The lowest BCUT2D eigenvalue weighted by atomic mass is 9.93. The van der Waals surface area contributed by atoms with Crippen LogP contribution < -0.4 is 0 Å². The molecule has 0 aliphatic carbocycles. The van der Waals surface area contributed by atoms with Gasteiger partial charge < -0.3 is 5.11 Å². The maximum absolute atomic E-state index is 13.5. The van der Waals surface area contributed by atoms with Crippen LogP contribution in [0.15, 0.2) is 42.6 Å². The zero-order chi connectivity index (χ0) is 13.1. The first-order valence-corrected chi connectivity index (χ1v) is 5.94. The van der Waals surface area contributed by atoms with Crippen LogP contribution in [-0.4, -0.2) is 10.1 Å². The van der Waals surface area contributed by atoms with E-state index in [0.717, 1.165) is 5.69 Å². The van der Waals surface area contributed by atoms with Crippen LogP contribution in [0.4, 0.5) is 4.39 Å². The zero-order valence-electron chi connectivity index (χ0n) is 10.5. The molecule has 1 aromatic heterocycles. The highest BCUT2D eigenvalue weighted by molar-refractivity contribution is 5.27. The number of aliphatic hydroxyl groups is 1. The Kier molecular flexibility index (Phi) is 3.72. The van der Waals surface area contributed by atoms with Crippen molar-refractivity contribution >= 4 is 0 Å². The van der Waals surface area contributed by atoms with Gasteiger partial charge in [0.15, 0.2) is 0 Å². The Balaban J connectivity index is 2.25. The van der Waals surface area contributed by atoms with Crippen LogP contribution in [0, 0.1) is 12.7 Å². The minimum atomic E-state index is -0.755. The summed E-state index contributed by atoms with van der Waals surface area (Å²) in [5.41, 5.74) is 1.96. The average molecular weight is 245 g/mol. The molecule has 18 heavy (non-hydrogen) atoms. The van der Waals surface area contributed by atoms with Crippen molar-refractivity contribution in [3.63, 3.8) is 0 Å². The molecule has 2 atom stereocenters. The van der Waals surface area contributed by atoms with Gasteiger partial charge in [-0.25, -0.2) is 4.39 Å². The molecule has 0 radical (unpaired) electrons. The van der Waals surface area contributed by atoms with Crippen LogP contribution in [0.3, 0.4) is 0 Å². The summed E-state index contributed by atoms with van der Waals surface area (Å²) in [5, 5.41) is 10.3. The van der Waals surface area contributed by atoms with Crippen LogP contribution in [0.2, 0.25) is 0 Å². The molecule has 0 amide bonds. The van der Waals surface area contributed by atoms with Gasteiger partial charge in [0.05, 0.1) is 6.10 Å².